The second kappa shape index (κ2) is 7.18. The van der Waals surface area contributed by atoms with Gasteiger partial charge >= 0.3 is 0 Å². The predicted octanol–water partition coefficient (Wildman–Crippen LogP) is 4.64. The number of hydrazine groups is 1. The van der Waals surface area contributed by atoms with Crippen molar-refractivity contribution in [2.45, 2.75) is 11.8 Å². The molecule has 28 heavy (non-hydrogen) atoms. The first-order valence-corrected chi connectivity index (χ1v) is 11.0. The number of thiophene rings is 1. The topological polar surface area (TPSA) is 75.3 Å². The van der Waals surface area contributed by atoms with Gasteiger partial charge in [-0.25, -0.2) is 8.42 Å². The molecule has 0 aliphatic carbocycles. The van der Waals surface area contributed by atoms with Gasteiger partial charge in [0.15, 0.2) is 0 Å². The smallest absolute Gasteiger partial charge is 0.273 e. The average Bonchev–Trinajstić information content (AvgIpc) is 3.04. The second-order valence-electron chi connectivity index (χ2n) is 6.28. The molecule has 0 fully saturated rings. The number of benzene rings is 3. The van der Waals surface area contributed by atoms with E-state index in [2.05, 4.69) is 10.3 Å². The van der Waals surface area contributed by atoms with Gasteiger partial charge in [-0.2, -0.15) is 0 Å². The maximum absolute atomic E-state index is 12.6. The Morgan fingerprint density at radius 2 is 1.71 bits per heavy atom. The van der Waals surface area contributed by atoms with Gasteiger partial charge in [-0.15, -0.1) is 16.2 Å². The van der Waals surface area contributed by atoms with Crippen molar-refractivity contribution in [2.75, 3.05) is 0 Å². The zero-order valence-electron chi connectivity index (χ0n) is 14.7. The summed E-state index contributed by atoms with van der Waals surface area (Å²) in [5, 5.41) is 3.06. The van der Waals surface area contributed by atoms with Gasteiger partial charge in [-0.05, 0) is 35.9 Å². The lowest BCUT2D eigenvalue weighted by atomic mass is 10.1. The molecule has 3 aromatic carbocycles. The number of amides is 1. The molecule has 1 amide bonds. The van der Waals surface area contributed by atoms with E-state index in [4.69, 9.17) is 11.6 Å². The van der Waals surface area contributed by atoms with Crippen LogP contribution in [0.25, 0.3) is 20.9 Å². The molecule has 0 saturated heterocycles. The molecule has 0 radical (unpaired) electrons. The summed E-state index contributed by atoms with van der Waals surface area (Å²) in [4.78, 5) is 15.0. The van der Waals surface area contributed by atoms with Crippen molar-refractivity contribution in [1.29, 1.82) is 0 Å². The van der Waals surface area contributed by atoms with E-state index in [-0.39, 0.29) is 9.77 Å². The first-order chi connectivity index (χ1) is 13.4. The van der Waals surface area contributed by atoms with Gasteiger partial charge in [0.05, 0.1) is 9.92 Å². The van der Waals surface area contributed by atoms with E-state index >= 15 is 0 Å². The number of hydrogen-bond acceptors (Lipinski definition) is 4. The highest BCUT2D eigenvalue weighted by Gasteiger charge is 2.21. The van der Waals surface area contributed by atoms with Crippen molar-refractivity contribution in [2.24, 2.45) is 0 Å². The van der Waals surface area contributed by atoms with Crippen LogP contribution in [0.4, 0.5) is 0 Å². The minimum absolute atomic E-state index is 0.0619. The number of fused-ring (bicyclic) bond motifs is 3. The minimum Gasteiger partial charge on any atom is -0.273 e. The van der Waals surface area contributed by atoms with Crippen LogP contribution in [0.15, 0.2) is 65.6 Å². The summed E-state index contributed by atoms with van der Waals surface area (Å²) in [7, 11) is -3.88. The van der Waals surface area contributed by atoms with E-state index in [0.29, 0.717) is 5.02 Å². The summed E-state index contributed by atoms with van der Waals surface area (Å²) in [6, 6.07) is 17.9. The summed E-state index contributed by atoms with van der Waals surface area (Å²) in [5.41, 5.74) is 3.19. The number of carbonyl (C=O) groups is 1. The van der Waals surface area contributed by atoms with Gasteiger partial charge in [0, 0.05) is 10.1 Å². The fraction of sp³-hybridized carbons (Fsp3) is 0.0500. The lowest BCUT2D eigenvalue weighted by Gasteiger charge is -2.08. The van der Waals surface area contributed by atoms with Gasteiger partial charge in [-0.3, -0.25) is 10.2 Å². The number of rotatable bonds is 4. The third-order valence-electron chi connectivity index (χ3n) is 4.36. The molecule has 0 unspecified atom stereocenters. The Hall–Kier alpha value is -2.45. The van der Waals surface area contributed by atoms with Gasteiger partial charge < -0.3 is 0 Å². The van der Waals surface area contributed by atoms with E-state index in [1.807, 2.05) is 43.3 Å². The number of sulfonamides is 1. The molecule has 8 heteroatoms. The SMILES string of the molecule is Cc1ccc(S(=O)(=O)NNC(=O)c2sc3ccc4ccccc4c3c2Cl)cc1. The Balaban J connectivity index is 1.63. The molecule has 0 aliphatic rings. The fourth-order valence-electron chi connectivity index (χ4n) is 2.92. The summed E-state index contributed by atoms with van der Waals surface area (Å²) < 4.78 is 25.6. The second-order valence-corrected chi connectivity index (χ2v) is 9.39. The van der Waals surface area contributed by atoms with Crippen molar-refractivity contribution in [3.63, 3.8) is 0 Å². The quantitative estimate of drug-likeness (QED) is 0.463. The van der Waals surface area contributed by atoms with E-state index in [9.17, 15) is 13.2 Å². The normalized spacial score (nSPS) is 11.8. The Labute approximate surface area is 171 Å². The number of nitrogens with one attached hydrogen (secondary N) is 2. The van der Waals surface area contributed by atoms with Crippen molar-refractivity contribution in [3.8, 4) is 0 Å². The zero-order valence-corrected chi connectivity index (χ0v) is 17.1. The molecule has 4 aromatic rings. The Morgan fingerprint density at radius 3 is 2.46 bits per heavy atom. The van der Waals surface area contributed by atoms with Gasteiger partial charge in [0.2, 0.25) is 0 Å². The van der Waals surface area contributed by atoms with E-state index in [1.54, 1.807) is 12.1 Å². The Bertz CT molecular complexity index is 1310. The molecule has 0 atom stereocenters. The van der Waals surface area contributed by atoms with Crippen LogP contribution in [-0.2, 0) is 10.0 Å². The highest BCUT2D eigenvalue weighted by atomic mass is 35.5. The Morgan fingerprint density at radius 1 is 1.00 bits per heavy atom. The largest absolute Gasteiger partial charge is 0.277 e. The van der Waals surface area contributed by atoms with Crippen LogP contribution in [0.1, 0.15) is 15.2 Å². The standard InChI is InChI=1S/C20H15ClN2O3S2/c1-12-6-9-14(10-7-12)28(25,26)23-22-20(24)19-18(21)17-15-5-3-2-4-13(15)8-11-16(17)27-19/h2-11,23H,1H3,(H,22,24). The predicted molar refractivity (Wildman–Crippen MR) is 113 cm³/mol. The van der Waals surface area contributed by atoms with Crippen LogP contribution in [0, 0.1) is 6.92 Å². The van der Waals surface area contributed by atoms with Gasteiger partial charge in [0.1, 0.15) is 4.88 Å². The van der Waals surface area contributed by atoms with Gasteiger partial charge in [-0.1, -0.05) is 59.6 Å². The molecule has 5 nitrogen and oxygen atoms in total. The van der Waals surface area contributed by atoms with Gasteiger partial charge in [0.25, 0.3) is 15.9 Å². The highest BCUT2D eigenvalue weighted by Crippen LogP contribution is 2.39. The lowest BCUT2D eigenvalue weighted by molar-refractivity contribution is 0.0949. The molecule has 0 aliphatic heterocycles. The molecular weight excluding hydrogens is 416 g/mol. The van der Waals surface area contributed by atoms with Crippen LogP contribution >= 0.6 is 22.9 Å². The fourth-order valence-corrected chi connectivity index (χ4v) is 5.23. The molecule has 0 bridgehead atoms. The van der Waals surface area contributed by atoms with Crippen LogP contribution in [0.5, 0.6) is 0 Å². The maximum Gasteiger partial charge on any atom is 0.277 e. The highest BCUT2D eigenvalue weighted by molar-refractivity contribution is 7.89. The summed E-state index contributed by atoms with van der Waals surface area (Å²) in [6.45, 7) is 1.86. The first-order valence-electron chi connectivity index (χ1n) is 8.35. The number of halogens is 1. The van der Waals surface area contributed by atoms with E-state index in [0.717, 1.165) is 26.4 Å². The maximum atomic E-state index is 12.6. The number of aryl methyl sites for hydroxylation is 1. The first kappa shape index (κ1) is 18.9. The minimum atomic E-state index is -3.88. The van der Waals surface area contributed by atoms with Crippen LogP contribution in [-0.4, -0.2) is 14.3 Å². The van der Waals surface area contributed by atoms with Crippen molar-refractivity contribution < 1.29 is 13.2 Å². The van der Waals surface area contributed by atoms with Crippen LogP contribution < -0.4 is 10.3 Å². The molecule has 0 saturated carbocycles. The summed E-state index contributed by atoms with van der Waals surface area (Å²) in [5.74, 6) is -0.606. The zero-order chi connectivity index (χ0) is 19.9. The molecule has 4 rings (SSSR count). The van der Waals surface area contributed by atoms with Crippen LogP contribution in [0.2, 0.25) is 5.02 Å². The number of carbonyl (C=O) groups excluding carboxylic acids is 1. The molecule has 1 aromatic heterocycles. The lowest BCUT2D eigenvalue weighted by Crippen LogP contribution is -2.41. The number of hydrogen-bond donors (Lipinski definition) is 2. The molecular formula is C20H15ClN2O3S2. The molecule has 1 heterocycles. The molecule has 0 spiro atoms. The molecule has 2 N–H and O–H groups in total. The van der Waals surface area contributed by atoms with Crippen molar-refractivity contribution in [1.82, 2.24) is 10.3 Å². The summed E-state index contributed by atoms with van der Waals surface area (Å²) in [6.07, 6.45) is 0. The summed E-state index contributed by atoms with van der Waals surface area (Å²) >= 11 is 7.70. The van der Waals surface area contributed by atoms with Crippen LogP contribution in [0.3, 0.4) is 0 Å². The van der Waals surface area contributed by atoms with E-state index in [1.165, 1.54) is 23.5 Å². The third kappa shape index (κ3) is 3.38. The van der Waals surface area contributed by atoms with Crippen molar-refractivity contribution >= 4 is 59.7 Å². The monoisotopic (exact) mass is 430 g/mol. The third-order valence-corrected chi connectivity index (χ3v) is 7.27. The van der Waals surface area contributed by atoms with Crippen molar-refractivity contribution in [3.05, 3.63) is 76.1 Å². The molecule has 142 valence electrons. The Kier molecular flexibility index (Phi) is 4.84. The van der Waals surface area contributed by atoms with E-state index < -0.39 is 15.9 Å². The average molecular weight is 431 g/mol.